The van der Waals surface area contributed by atoms with Gasteiger partial charge in [-0.05, 0) is 24.6 Å². The maximum Gasteiger partial charge on any atom is 0.340 e. The second kappa shape index (κ2) is 4.18. The van der Waals surface area contributed by atoms with E-state index in [1.807, 2.05) is 0 Å². The van der Waals surface area contributed by atoms with Crippen molar-refractivity contribution in [2.45, 2.75) is 13.0 Å². The summed E-state index contributed by atoms with van der Waals surface area (Å²) in [5, 5.41) is 0. The maximum absolute atomic E-state index is 11.3. The highest BCUT2D eigenvalue weighted by Gasteiger charge is 2.14. The van der Waals surface area contributed by atoms with Crippen LogP contribution in [0.25, 0.3) is 0 Å². The van der Waals surface area contributed by atoms with Gasteiger partial charge >= 0.3 is 5.97 Å². The third-order valence-corrected chi connectivity index (χ3v) is 2.15. The molecule has 5 nitrogen and oxygen atoms in total. The van der Waals surface area contributed by atoms with E-state index < -0.39 is 5.97 Å². The molecule has 0 bridgehead atoms. The van der Waals surface area contributed by atoms with Crippen LogP contribution in [0.3, 0.4) is 0 Å². The smallest absolute Gasteiger partial charge is 0.340 e. The summed E-state index contributed by atoms with van der Waals surface area (Å²) in [5.74, 6) is -0.504. The molecule has 0 amide bonds. The number of hydrogen-bond acceptors (Lipinski definition) is 5. The molecule has 0 saturated heterocycles. The maximum atomic E-state index is 11.3. The molecule has 0 heterocycles. The Bertz CT molecular complexity index is 388. The van der Waals surface area contributed by atoms with E-state index in [1.165, 1.54) is 13.2 Å². The van der Waals surface area contributed by atoms with Crippen molar-refractivity contribution in [2.24, 2.45) is 5.73 Å². The van der Waals surface area contributed by atoms with Crippen molar-refractivity contribution in [1.82, 2.24) is 0 Å². The molecule has 1 aromatic carbocycles. The van der Waals surface area contributed by atoms with E-state index in [2.05, 4.69) is 4.74 Å². The van der Waals surface area contributed by atoms with Crippen LogP contribution in [0.4, 0.5) is 11.4 Å². The molecule has 6 N–H and O–H groups in total. The zero-order valence-corrected chi connectivity index (χ0v) is 8.78. The van der Waals surface area contributed by atoms with Crippen molar-refractivity contribution >= 4 is 17.3 Å². The van der Waals surface area contributed by atoms with E-state index in [1.54, 1.807) is 13.0 Å². The lowest BCUT2D eigenvalue weighted by atomic mass is 10.0. The molecule has 0 fully saturated rings. The van der Waals surface area contributed by atoms with Crippen molar-refractivity contribution in [3.8, 4) is 0 Å². The number of carbonyl (C=O) groups excluding carboxylic acids is 1. The van der Waals surface area contributed by atoms with E-state index in [0.29, 0.717) is 11.4 Å². The number of ether oxygens (including phenoxy) is 1. The lowest BCUT2D eigenvalue weighted by Gasteiger charge is -2.12. The molecule has 0 aliphatic rings. The van der Waals surface area contributed by atoms with Gasteiger partial charge in [0.25, 0.3) is 0 Å². The van der Waals surface area contributed by atoms with Crippen molar-refractivity contribution in [1.29, 1.82) is 0 Å². The third kappa shape index (κ3) is 2.19. The average molecular weight is 209 g/mol. The first-order chi connectivity index (χ1) is 6.97. The van der Waals surface area contributed by atoms with E-state index in [4.69, 9.17) is 17.2 Å². The van der Waals surface area contributed by atoms with Gasteiger partial charge in [0.2, 0.25) is 0 Å². The first kappa shape index (κ1) is 11.3. The summed E-state index contributed by atoms with van der Waals surface area (Å²) in [6, 6.07) is 2.87. The van der Waals surface area contributed by atoms with Gasteiger partial charge in [0, 0.05) is 17.4 Å². The number of nitrogens with two attached hydrogens (primary N) is 3. The number of esters is 1. The van der Waals surface area contributed by atoms with E-state index in [0.717, 1.165) is 5.56 Å². The van der Waals surface area contributed by atoms with Crippen molar-refractivity contribution in [3.05, 3.63) is 23.3 Å². The third-order valence-electron chi connectivity index (χ3n) is 2.15. The molecule has 0 aromatic heterocycles. The molecule has 0 saturated carbocycles. The monoisotopic (exact) mass is 209 g/mol. The molecule has 1 aromatic rings. The normalized spacial score (nSPS) is 12.2. The van der Waals surface area contributed by atoms with E-state index in [-0.39, 0.29) is 11.6 Å². The Morgan fingerprint density at radius 1 is 1.33 bits per heavy atom. The summed E-state index contributed by atoms with van der Waals surface area (Å²) in [4.78, 5) is 11.3. The number of rotatable bonds is 2. The molecule has 82 valence electrons. The first-order valence-electron chi connectivity index (χ1n) is 4.50. The van der Waals surface area contributed by atoms with Gasteiger partial charge in [-0.3, -0.25) is 0 Å². The summed E-state index contributed by atoms with van der Waals surface area (Å²) in [5.41, 5.74) is 18.9. The van der Waals surface area contributed by atoms with Crippen molar-refractivity contribution in [2.75, 3.05) is 18.6 Å². The van der Waals surface area contributed by atoms with Crippen LogP contribution in [-0.2, 0) is 4.74 Å². The summed E-state index contributed by atoms with van der Waals surface area (Å²) in [6.07, 6.45) is 0. The van der Waals surface area contributed by atoms with Crippen molar-refractivity contribution < 1.29 is 9.53 Å². The van der Waals surface area contributed by atoms with Crippen LogP contribution in [0.1, 0.15) is 28.9 Å². The molecule has 0 radical (unpaired) electrons. The summed E-state index contributed by atoms with van der Waals surface area (Å²) < 4.78 is 4.57. The van der Waals surface area contributed by atoms with Crippen LogP contribution in [0.2, 0.25) is 0 Å². The van der Waals surface area contributed by atoms with E-state index >= 15 is 0 Å². The number of benzene rings is 1. The lowest BCUT2D eigenvalue weighted by Crippen LogP contribution is -2.12. The second-order valence-electron chi connectivity index (χ2n) is 3.35. The number of hydrogen-bond donors (Lipinski definition) is 3. The molecule has 5 heteroatoms. The molecule has 1 atom stereocenters. The molecule has 0 unspecified atom stereocenters. The van der Waals surface area contributed by atoms with Gasteiger partial charge in [0.15, 0.2) is 0 Å². The standard InChI is InChI=1S/C10H15N3O2/c1-5(11)6-3-9(13)7(4-8(6)12)10(14)15-2/h3-5H,11-13H2,1-2H3/t5-/m1/s1. The molecular weight excluding hydrogens is 194 g/mol. The minimum absolute atomic E-state index is 0.223. The fourth-order valence-corrected chi connectivity index (χ4v) is 1.33. The van der Waals surface area contributed by atoms with Gasteiger partial charge < -0.3 is 21.9 Å². The highest BCUT2D eigenvalue weighted by Crippen LogP contribution is 2.25. The molecule has 0 aliphatic heterocycles. The Labute approximate surface area is 88.2 Å². The summed E-state index contributed by atoms with van der Waals surface area (Å²) >= 11 is 0. The molecule has 15 heavy (non-hydrogen) atoms. The van der Waals surface area contributed by atoms with Crippen LogP contribution >= 0.6 is 0 Å². The van der Waals surface area contributed by atoms with Crippen molar-refractivity contribution in [3.63, 3.8) is 0 Å². The highest BCUT2D eigenvalue weighted by atomic mass is 16.5. The Kier molecular flexibility index (Phi) is 3.16. The van der Waals surface area contributed by atoms with Crippen LogP contribution in [0, 0.1) is 0 Å². The number of nitrogen functional groups attached to an aromatic ring is 2. The van der Waals surface area contributed by atoms with Gasteiger partial charge in [-0.1, -0.05) is 0 Å². The number of anilines is 2. The predicted molar refractivity (Wildman–Crippen MR) is 59.2 cm³/mol. The number of carbonyl (C=O) groups is 1. The zero-order valence-electron chi connectivity index (χ0n) is 8.78. The van der Waals surface area contributed by atoms with Crippen LogP contribution < -0.4 is 17.2 Å². The molecule has 0 spiro atoms. The fourth-order valence-electron chi connectivity index (χ4n) is 1.33. The van der Waals surface area contributed by atoms with Gasteiger partial charge in [-0.2, -0.15) is 0 Å². The van der Waals surface area contributed by atoms with Gasteiger partial charge in [-0.15, -0.1) is 0 Å². The van der Waals surface area contributed by atoms with Gasteiger partial charge in [0.1, 0.15) is 0 Å². The first-order valence-corrected chi connectivity index (χ1v) is 4.50. The fraction of sp³-hybridized carbons (Fsp3) is 0.300. The second-order valence-corrected chi connectivity index (χ2v) is 3.35. The molecule has 0 aliphatic carbocycles. The topological polar surface area (TPSA) is 104 Å². The van der Waals surface area contributed by atoms with E-state index in [9.17, 15) is 4.79 Å². The largest absolute Gasteiger partial charge is 0.465 e. The lowest BCUT2D eigenvalue weighted by molar-refractivity contribution is 0.0602. The summed E-state index contributed by atoms with van der Waals surface area (Å²) in [6.45, 7) is 1.79. The Morgan fingerprint density at radius 2 is 1.93 bits per heavy atom. The SMILES string of the molecule is COC(=O)c1cc(N)c([C@@H](C)N)cc1N. The Hall–Kier alpha value is -1.75. The summed E-state index contributed by atoms with van der Waals surface area (Å²) in [7, 11) is 1.29. The average Bonchev–Trinajstić information content (AvgIpc) is 2.19. The molecule has 1 rings (SSSR count). The van der Waals surface area contributed by atoms with Gasteiger partial charge in [0.05, 0.1) is 12.7 Å². The van der Waals surface area contributed by atoms with Gasteiger partial charge in [-0.25, -0.2) is 4.79 Å². The van der Waals surface area contributed by atoms with Crippen LogP contribution in [-0.4, -0.2) is 13.1 Å². The minimum Gasteiger partial charge on any atom is -0.465 e. The molecular formula is C10H15N3O2. The van der Waals surface area contributed by atoms with Crippen LogP contribution in [0.15, 0.2) is 12.1 Å². The highest BCUT2D eigenvalue weighted by molar-refractivity contribution is 5.96. The number of methoxy groups -OCH3 is 1. The Morgan fingerprint density at radius 3 is 2.40 bits per heavy atom. The minimum atomic E-state index is -0.504. The Balaban J connectivity index is 3.25. The predicted octanol–water partition coefficient (Wildman–Crippen LogP) is 0.657. The quantitative estimate of drug-likeness (QED) is 0.490. The zero-order chi connectivity index (χ0) is 11.6. The van der Waals surface area contributed by atoms with Crippen LogP contribution in [0.5, 0.6) is 0 Å².